The van der Waals surface area contributed by atoms with Crippen LogP contribution in [0.1, 0.15) is 23.6 Å². The van der Waals surface area contributed by atoms with Gasteiger partial charge in [-0.3, -0.25) is 15.8 Å². The van der Waals surface area contributed by atoms with Gasteiger partial charge >= 0.3 is 0 Å². The number of rotatable bonds is 7. The maximum absolute atomic E-state index is 8.62. The minimum atomic E-state index is 0.227. The third-order valence-corrected chi connectivity index (χ3v) is 9.54. The van der Waals surface area contributed by atoms with Gasteiger partial charge in [0.15, 0.2) is 0 Å². The lowest BCUT2D eigenvalue weighted by Gasteiger charge is -2.17. The maximum Gasteiger partial charge on any atom is 0.0867 e. The number of fused-ring (bicyclic) bond motifs is 2. The van der Waals surface area contributed by atoms with E-state index in [0.717, 1.165) is 55.8 Å². The van der Waals surface area contributed by atoms with Crippen LogP contribution < -0.4 is 5.73 Å². The number of nitrogens with zero attached hydrogens (tertiary/aromatic N) is 1. The van der Waals surface area contributed by atoms with Gasteiger partial charge in [-0.2, -0.15) is 0 Å². The Hall–Kier alpha value is -7.17. The van der Waals surface area contributed by atoms with E-state index in [9.17, 15) is 0 Å². The van der Waals surface area contributed by atoms with Crippen LogP contribution in [0.4, 0.5) is 5.69 Å². The molecule has 0 saturated carbocycles. The fourth-order valence-corrected chi connectivity index (χ4v) is 6.64. The number of nitrogens with two attached hydrogens (primary N) is 1. The van der Waals surface area contributed by atoms with E-state index in [2.05, 4.69) is 145 Å². The molecule has 0 radical (unpaired) electrons. The number of allylic oxidation sites excluding steroid dienone is 7. The maximum atomic E-state index is 8.62. The normalized spacial score (nSPS) is 13.0. The summed E-state index contributed by atoms with van der Waals surface area (Å²) in [5.74, 6) is 0. The van der Waals surface area contributed by atoms with Crippen molar-refractivity contribution < 1.29 is 0 Å². The van der Waals surface area contributed by atoms with Crippen molar-refractivity contribution in [1.29, 1.82) is 10.8 Å². The number of hydrogen-bond acceptors (Lipinski definition) is 4. The second kappa shape index (κ2) is 16.0. The van der Waals surface area contributed by atoms with Gasteiger partial charge in [-0.1, -0.05) is 146 Å². The van der Waals surface area contributed by atoms with Crippen molar-refractivity contribution in [2.75, 3.05) is 5.73 Å². The third kappa shape index (κ3) is 7.84. The van der Waals surface area contributed by atoms with Crippen molar-refractivity contribution in [1.82, 2.24) is 0 Å². The summed E-state index contributed by atoms with van der Waals surface area (Å²) < 4.78 is 0. The molecule has 4 N–H and O–H groups in total. The average molecular weight is 697 g/mol. The molecule has 0 unspecified atom stereocenters. The molecule has 0 aliphatic heterocycles. The Balaban J connectivity index is 0.000000273. The van der Waals surface area contributed by atoms with Crippen molar-refractivity contribution in [3.05, 3.63) is 205 Å². The first-order valence-electron chi connectivity index (χ1n) is 17.9. The quantitative estimate of drug-likeness (QED) is 0.0659. The molecule has 54 heavy (non-hydrogen) atoms. The topological polar surface area (TPSA) is 86.1 Å². The van der Waals surface area contributed by atoms with Gasteiger partial charge in [0.05, 0.1) is 11.4 Å². The van der Waals surface area contributed by atoms with E-state index in [1.54, 1.807) is 12.3 Å². The molecule has 0 spiro atoms. The highest BCUT2D eigenvalue weighted by atomic mass is 14.6. The monoisotopic (exact) mass is 696 g/mol. The number of aliphatic imine (C=N–C) groups is 1. The third-order valence-electron chi connectivity index (χ3n) is 9.54. The van der Waals surface area contributed by atoms with Gasteiger partial charge in [0.1, 0.15) is 0 Å². The summed E-state index contributed by atoms with van der Waals surface area (Å²) in [5.41, 5.74) is 17.3. The highest BCUT2D eigenvalue weighted by molar-refractivity contribution is 6.61. The van der Waals surface area contributed by atoms with Crippen molar-refractivity contribution >= 4 is 62.1 Å². The number of benzene rings is 7. The smallest absolute Gasteiger partial charge is 0.0867 e. The Labute approximate surface area is 316 Å². The fourth-order valence-electron chi connectivity index (χ4n) is 6.64. The van der Waals surface area contributed by atoms with E-state index in [1.165, 1.54) is 27.1 Å². The zero-order chi connectivity index (χ0) is 37.4. The molecule has 7 aromatic carbocycles. The van der Waals surface area contributed by atoms with Gasteiger partial charge in [0.25, 0.3) is 0 Å². The molecular formula is C50H40N4. The van der Waals surface area contributed by atoms with Gasteiger partial charge in [-0.05, 0) is 122 Å². The van der Waals surface area contributed by atoms with Crippen LogP contribution >= 0.6 is 0 Å². The summed E-state index contributed by atoms with van der Waals surface area (Å²) in [6.45, 7) is 5.41. The average Bonchev–Trinajstić information content (AvgIpc) is 3.22. The van der Waals surface area contributed by atoms with Crippen LogP contribution in [0.15, 0.2) is 193 Å². The molecule has 7 aromatic rings. The molecule has 0 heterocycles. The lowest BCUT2D eigenvalue weighted by atomic mass is 9.87. The van der Waals surface area contributed by atoms with Crippen LogP contribution in [0.25, 0.3) is 60.5 Å². The van der Waals surface area contributed by atoms with Crippen molar-refractivity contribution in [2.24, 2.45) is 4.99 Å². The molecule has 0 aromatic heterocycles. The first-order chi connectivity index (χ1) is 26.4. The van der Waals surface area contributed by atoms with E-state index in [1.807, 2.05) is 49.4 Å². The Kier molecular flexibility index (Phi) is 10.5. The van der Waals surface area contributed by atoms with Crippen LogP contribution in [0.3, 0.4) is 0 Å². The summed E-state index contributed by atoms with van der Waals surface area (Å²) >= 11 is 0. The lowest BCUT2D eigenvalue weighted by molar-refractivity contribution is 1.48. The summed E-state index contributed by atoms with van der Waals surface area (Å²) in [6.07, 6.45) is 9.51. The van der Waals surface area contributed by atoms with Crippen LogP contribution in [-0.4, -0.2) is 18.1 Å². The molecule has 4 nitrogen and oxygen atoms in total. The number of anilines is 1. The zero-order valence-electron chi connectivity index (χ0n) is 30.1. The standard InChI is InChI=1S/C38H26N2.C12H14N2/c39-37-24-35(29-11-9-27(10-12-29)33-19-15-25-5-1-3-7-31(25)21-33)23-36(38(37)40)30-17-13-28(14-18-30)34-20-16-26-6-2-4-8-32(26)22-34;1-3-4-11(9-14-2)10-5-7-12(13)8-6-10/h1-24,39-40H;3-9H,2,13H2,1H3/b;4-3-,11-9+. The van der Waals surface area contributed by atoms with Crippen molar-refractivity contribution in [3.63, 3.8) is 0 Å². The zero-order valence-corrected chi connectivity index (χ0v) is 30.1. The predicted molar refractivity (Wildman–Crippen MR) is 233 cm³/mol. The van der Waals surface area contributed by atoms with Gasteiger partial charge in [-0.25, -0.2) is 0 Å². The molecular weight excluding hydrogens is 657 g/mol. The van der Waals surface area contributed by atoms with Gasteiger partial charge in [0, 0.05) is 17.5 Å². The lowest BCUT2D eigenvalue weighted by Crippen LogP contribution is -2.15. The van der Waals surface area contributed by atoms with E-state index in [4.69, 9.17) is 16.6 Å². The molecule has 0 saturated heterocycles. The van der Waals surface area contributed by atoms with Crippen molar-refractivity contribution in [3.8, 4) is 22.3 Å². The van der Waals surface area contributed by atoms with Crippen LogP contribution in [-0.2, 0) is 0 Å². The van der Waals surface area contributed by atoms with Crippen LogP contribution in [0.5, 0.6) is 0 Å². The Bertz CT molecular complexity index is 2640. The molecule has 0 bridgehead atoms. The van der Waals surface area contributed by atoms with E-state index in [-0.39, 0.29) is 11.4 Å². The summed E-state index contributed by atoms with van der Waals surface area (Å²) in [4.78, 5) is 3.76. The second-order valence-electron chi connectivity index (χ2n) is 13.1. The highest BCUT2D eigenvalue weighted by Crippen LogP contribution is 2.32. The molecule has 4 heteroatoms. The van der Waals surface area contributed by atoms with E-state index in [0.29, 0.717) is 0 Å². The summed E-state index contributed by atoms with van der Waals surface area (Å²) in [6, 6.07) is 54.3. The SMILES string of the molecule is C=N/C=C(\C=C/C)c1ccc(N)cc1.N=C1C=C(c2ccc(-c3ccc4ccccc4c3)cc2)C=C(c2ccc(-c3ccc4ccccc4c3)cc2)C1=N. The van der Waals surface area contributed by atoms with E-state index >= 15 is 0 Å². The Morgan fingerprint density at radius 3 is 1.56 bits per heavy atom. The first-order valence-corrected chi connectivity index (χ1v) is 17.9. The molecule has 0 fully saturated rings. The largest absolute Gasteiger partial charge is 0.399 e. The molecule has 260 valence electrons. The predicted octanol–water partition coefficient (Wildman–Crippen LogP) is 12.7. The minimum Gasteiger partial charge on any atom is -0.399 e. The van der Waals surface area contributed by atoms with Crippen LogP contribution in [0.2, 0.25) is 0 Å². The fraction of sp³-hybridized carbons (Fsp3) is 0.0200. The number of nitrogen functional groups attached to an aromatic ring is 1. The summed E-state index contributed by atoms with van der Waals surface area (Å²) in [7, 11) is 0. The molecule has 0 atom stereocenters. The summed E-state index contributed by atoms with van der Waals surface area (Å²) in [5, 5.41) is 22.1. The molecule has 8 rings (SSSR count). The van der Waals surface area contributed by atoms with Gasteiger partial charge < -0.3 is 5.73 Å². The molecule has 1 aliphatic rings. The van der Waals surface area contributed by atoms with Gasteiger partial charge in [-0.15, -0.1) is 0 Å². The van der Waals surface area contributed by atoms with Gasteiger partial charge in [0.2, 0.25) is 0 Å². The first kappa shape index (κ1) is 35.2. The highest BCUT2D eigenvalue weighted by Gasteiger charge is 2.19. The van der Waals surface area contributed by atoms with Crippen LogP contribution in [0, 0.1) is 10.8 Å². The molecule has 0 amide bonds. The van der Waals surface area contributed by atoms with Crippen molar-refractivity contribution in [2.45, 2.75) is 6.92 Å². The second-order valence-corrected chi connectivity index (χ2v) is 13.1. The number of hydrogen-bond donors (Lipinski definition) is 3. The number of nitrogens with one attached hydrogen (secondary N) is 2. The molecule has 1 aliphatic carbocycles. The Morgan fingerprint density at radius 1 is 0.556 bits per heavy atom. The minimum absolute atomic E-state index is 0.227. The Morgan fingerprint density at radius 2 is 1.04 bits per heavy atom. The van der Waals surface area contributed by atoms with E-state index < -0.39 is 0 Å².